The first-order chi connectivity index (χ1) is 12.6. The average Bonchev–Trinajstić information content (AvgIpc) is 3.01. The van der Waals surface area contributed by atoms with E-state index in [-0.39, 0.29) is 11.9 Å². The van der Waals surface area contributed by atoms with Gasteiger partial charge in [0, 0.05) is 23.8 Å². The van der Waals surface area contributed by atoms with Crippen LogP contribution in [-0.4, -0.2) is 39.4 Å². The molecule has 1 amide bonds. The molecule has 2 aromatic rings. The average molecular weight is 391 g/mol. The molecule has 3 heterocycles. The molecule has 0 saturated carbocycles. The number of piperidine rings is 1. The van der Waals surface area contributed by atoms with Crippen molar-refractivity contribution < 1.29 is 4.79 Å². The van der Waals surface area contributed by atoms with Crippen LogP contribution in [0.4, 0.5) is 5.82 Å². The minimum Gasteiger partial charge on any atom is -0.342 e. The Balaban J connectivity index is 1.81. The summed E-state index contributed by atoms with van der Waals surface area (Å²) in [6, 6.07) is 7.29. The van der Waals surface area contributed by atoms with Gasteiger partial charge in [0.25, 0.3) is 0 Å². The number of aliphatic imine (C=N–C) groups is 1. The molecular formula is C19H20Cl2N4O. The molecule has 2 aliphatic heterocycles. The van der Waals surface area contributed by atoms with Crippen molar-refractivity contribution >= 4 is 40.6 Å². The summed E-state index contributed by atoms with van der Waals surface area (Å²) in [5, 5.41) is 5.54. The number of likely N-dealkylation sites (tertiary alicyclic amines) is 1. The SMILES string of the molecule is CC1=Nc2c(Cl)cnn2C(c2cccc(Cl)c2)C1C(=O)N1CCCCC1. The number of fused-ring (bicyclic) bond motifs is 1. The van der Waals surface area contributed by atoms with Crippen LogP contribution in [0.15, 0.2) is 35.5 Å². The van der Waals surface area contributed by atoms with Crippen LogP contribution in [0.1, 0.15) is 37.8 Å². The summed E-state index contributed by atoms with van der Waals surface area (Å²) in [5.74, 6) is 0.292. The fourth-order valence-corrected chi connectivity index (χ4v) is 4.27. The number of hydrogen-bond donors (Lipinski definition) is 0. The van der Waals surface area contributed by atoms with E-state index in [2.05, 4.69) is 10.1 Å². The second-order valence-corrected chi connectivity index (χ2v) is 7.72. The summed E-state index contributed by atoms with van der Waals surface area (Å²) in [4.78, 5) is 20.0. The van der Waals surface area contributed by atoms with E-state index >= 15 is 0 Å². The van der Waals surface area contributed by atoms with Gasteiger partial charge in [0.2, 0.25) is 5.91 Å². The molecule has 2 aliphatic rings. The number of rotatable bonds is 2. The van der Waals surface area contributed by atoms with Gasteiger partial charge in [-0.2, -0.15) is 5.10 Å². The Labute approximate surface area is 162 Å². The predicted octanol–water partition coefficient (Wildman–Crippen LogP) is 4.51. The molecule has 5 nitrogen and oxygen atoms in total. The molecule has 2 unspecified atom stereocenters. The van der Waals surface area contributed by atoms with Gasteiger partial charge in [-0.15, -0.1) is 0 Å². The monoisotopic (exact) mass is 390 g/mol. The van der Waals surface area contributed by atoms with Crippen molar-refractivity contribution in [1.82, 2.24) is 14.7 Å². The van der Waals surface area contributed by atoms with Crippen LogP contribution in [0.3, 0.4) is 0 Å². The Bertz CT molecular complexity index is 870. The van der Waals surface area contributed by atoms with Crippen molar-refractivity contribution in [1.29, 1.82) is 0 Å². The summed E-state index contributed by atoms with van der Waals surface area (Å²) in [5.41, 5.74) is 1.70. The zero-order valence-corrected chi connectivity index (χ0v) is 16.0. The number of benzene rings is 1. The maximum Gasteiger partial charge on any atom is 0.233 e. The molecule has 136 valence electrons. The van der Waals surface area contributed by atoms with E-state index in [0.717, 1.165) is 37.2 Å². The molecule has 0 radical (unpaired) electrons. The van der Waals surface area contributed by atoms with Crippen molar-refractivity contribution in [3.63, 3.8) is 0 Å². The first-order valence-electron chi connectivity index (χ1n) is 8.88. The van der Waals surface area contributed by atoms with Crippen LogP contribution in [0.25, 0.3) is 0 Å². The Hall–Kier alpha value is -1.85. The molecule has 26 heavy (non-hydrogen) atoms. The first-order valence-corrected chi connectivity index (χ1v) is 9.64. The van der Waals surface area contributed by atoms with Crippen molar-refractivity contribution in [2.45, 2.75) is 32.2 Å². The zero-order chi connectivity index (χ0) is 18.3. The Kier molecular flexibility index (Phi) is 4.76. The van der Waals surface area contributed by atoms with Gasteiger partial charge in [0.1, 0.15) is 10.9 Å². The maximum absolute atomic E-state index is 13.4. The predicted molar refractivity (Wildman–Crippen MR) is 104 cm³/mol. The lowest BCUT2D eigenvalue weighted by molar-refractivity contribution is -0.135. The quantitative estimate of drug-likeness (QED) is 0.756. The second kappa shape index (κ2) is 7.05. The molecule has 1 aromatic carbocycles. The number of amides is 1. The Morgan fingerprint density at radius 2 is 1.96 bits per heavy atom. The summed E-state index contributed by atoms with van der Waals surface area (Å²) < 4.78 is 1.76. The van der Waals surface area contributed by atoms with Crippen LogP contribution in [-0.2, 0) is 4.79 Å². The fourth-order valence-electron chi connectivity index (χ4n) is 3.90. The van der Waals surface area contributed by atoms with Crippen LogP contribution >= 0.6 is 23.2 Å². The largest absolute Gasteiger partial charge is 0.342 e. The number of nitrogens with zero attached hydrogens (tertiary/aromatic N) is 4. The van der Waals surface area contributed by atoms with Crippen LogP contribution in [0, 0.1) is 5.92 Å². The van der Waals surface area contributed by atoms with E-state index in [1.807, 2.05) is 36.1 Å². The first kappa shape index (κ1) is 17.6. The van der Waals surface area contributed by atoms with Gasteiger partial charge in [-0.25, -0.2) is 9.67 Å². The van der Waals surface area contributed by atoms with Gasteiger partial charge in [-0.05, 0) is 43.9 Å². The third-order valence-corrected chi connectivity index (χ3v) is 5.66. The molecular weight excluding hydrogens is 371 g/mol. The number of carbonyl (C=O) groups excluding carboxylic acids is 1. The van der Waals surface area contributed by atoms with Crippen LogP contribution in [0.5, 0.6) is 0 Å². The topological polar surface area (TPSA) is 50.5 Å². The van der Waals surface area contributed by atoms with Crippen molar-refractivity contribution in [2.75, 3.05) is 13.1 Å². The summed E-state index contributed by atoms with van der Waals surface area (Å²) in [6.45, 7) is 3.51. The standard InChI is InChI=1S/C19H20Cl2N4O/c1-12-16(19(26)24-8-3-2-4-9-24)17(13-6-5-7-14(20)10-13)25-18(23-12)15(21)11-22-25/h5-7,10-11,16-17H,2-4,8-9H2,1H3. The van der Waals surface area contributed by atoms with Gasteiger partial charge in [0.15, 0.2) is 5.82 Å². The molecule has 0 spiro atoms. The van der Waals surface area contributed by atoms with Gasteiger partial charge >= 0.3 is 0 Å². The summed E-state index contributed by atoms with van der Waals surface area (Å²) >= 11 is 12.5. The highest BCUT2D eigenvalue weighted by Crippen LogP contribution is 2.40. The highest BCUT2D eigenvalue weighted by Gasteiger charge is 2.41. The molecule has 1 fully saturated rings. The molecule has 1 saturated heterocycles. The summed E-state index contributed by atoms with van der Waals surface area (Å²) in [6.07, 6.45) is 4.86. The number of aromatic nitrogens is 2. The van der Waals surface area contributed by atoms with Crippen molar-refractivity contribution in [3.05, 3.63) is 46.1 Å². The van der Waals surface area contributed by atoms with E-state index in [1.54, 1.807) is 10.9 Å². The maximum atomic E-state index is 13.4. The van der Waals surface area contributed by atoms with Crippen molar-refractivity contribution in [3.8, 4) is 0 Å². The third-order valence-electron chi connectivity index (χ3n) is 5.16. The van der Waals surface area contributed by atoms with Gasteiger partial charge in [0.05, 0.1) is 12.2 Å². The van der Waals surface area contributed by atoms with E-state index < -0.39 is 5.92 Å². The van der Waals surface area contributed by atoms with E-state index in [9.17, 15) is 4.79 Å². The highest BCUT2D eigenvalue weighted by atomic mass is 35.5. The fraction of sp³-hybridized carbons (Fsp3) is 0.421. The zero-order valence-electron chi connectivity index (χ0n) is 14.5. The van der Waals surface area contributed by atoms with Crippen LogP contribution < -0.4 is 0 Å². The normalized spacial score (nSPS) is 22.7. The van der Waals surface area contributed by atoms with Crippen LogP contribution in [0.2, 0.25) is 10.0 Å². The Morgan fingerprint density at radius 1 is 1.19 bits per heavy atom. The second-order valence-electron chi connectivity index (χ2n) is 6.88. The van der Waals surface area contributed by atoms with Crippen molar-refractivity contribution in [2.24, 2.45) is 10.9 Å². The molecule has 0 N–H and O–H groups in total. The van der Waals surface area contributed by atoms with E-state index in [4.69, 9.17) is 23.2 Å². The van der Waals surface area contributed by atoms with E-state index in [0.29, 0.717) is 15.9 Å². The smallest absolute Gasteiger partial charge is 0.233 e. The molecule has 0 bridgehead atoms. The van der Waals surface area contributed by atoms with Gasteiger partial charge in [-0.1, -0.05) is 35.3 Å². The molecule has 7 heteroatoms. The minimum atomic E-state index is -0.407. The lowest BCUT2D eigenvalue weighted by Gasteiger charge is -2.36. The number of hydrogen-bond acceptors (Lipinski definition) is 3. The number of halogens is 2. The lowest BCUT2D eigenvalue weighted by atomic mass is 9.86. The molecule has 0 aliphatic carbocycles. The minimum absolute atomic E-state index is 0.105. The van der Waals surface area contributed by atoms with E-state index in [1.165, 1.54) is 6.42 Å². The summed E-state index contributed by atoms with van der Waals surface area (Å²) in [7, 11) is 0. The molecule has 4 rings (SSSR count). The highest BCUT2D eigenvalue weighted by molar-refractivity contribution is 6.33. The third kappa shape index (κ3) is 3.03. The molecule has 2 atom stereocenters. The lowest BCUT2D eigenvalue weighted by Crippen LogP contribution is -2.46. The molecule has 1 aromatic heterocycles. The van der Waals surface area contributed by atoms with Gasteiger partial charge < -0.3 is 4.90 Å². The Morgan fingerprint density at radius 3 is 2.69 bits per heavy atom. The van der Waals surface area contributed by atoms with Gasteiger partial charge in [-0.3, -0.25) is 4.79 Å². The number of carbonyl (C=O) groups is 1.